The molecule has 266 valence electrons. The Morgan fingerprint density at radius 1 is 0.378 bits per heavy atom. The maximum absolute atomic E-state index is 2.62. The van der Waals surface area contributed by atoms with Gasteiger partial charge in [-0.05, 0) is 25.7 Å². The van der Waals surface area contributed by atoms with E-state index in [1.54, 1.807) is 5.82 Å². The molecular weight excluding hydrogens is 544 g/mol. The molecular formula is C43H85N2+. The molecule has 0 aromatic carbocycles. The third-order valence-electron chi connectivity index (χ3n) is 10.3. The standard InChI is InChI=1S/C43H85N2/c1-4-7-10-12-14-16-18-20-22-23-25-27-29-31-33-35-37-40-45-42-41-44(39-9-6-3)43(45)38-36-34-32-30-28-26-24-21-19-17-15-13-11-8-5-2/h41-42H,4-40H2,1-3H3/q+1. The second kappa shape index (κ2) is 34.5. The molecule has 1 rings (SSSR count). The van der Waals surface area contributed by atoms with Crippen LogP contribution in [0.3, 0.4) is 0 Å². The molecule has 0 N–H and O–H groups in total. The predicted molar refractivity (Wildman–Crippen MR) is 202 cm³/mol. The lowest BCUT2D eigenvalue weighted by Crippen LogP contribution is -2.37. The van der Waals surface area contributed by atoms with Crippen LogP contribution in [-0.4, -0.2) is 4.57 Å². The van der Waals surface area contributed by atoms with Crippen LogP contribution in [0.25, 0.3) is 0 Å². The fourth-order valence-electron chi connectivity index (χ4n) is 7.18. The first-order valence-corrected chi connectivity index (χ1v) is 21.4. The molecule has 0 unspecified atom stereocenters. The molecule has 0 radical (unpaired) electrons. The van der Waals surface area contributed by atoms with E-state index in [1.807, 2.05) is 0 Å². The maximum Gasteiger partial charge on any atom is 0.256 e. The molecule has 2 heteroatoms. The minimum Gasteiger partial charge on any atom is -0.234 e. The van der Waals surface area contributed by atoms with Gasteiger partial charge in [-0.15, -0.1) is 0 Å². The highest BCUT2D eigenvalue weighted by Crippen LogP contribution is 2.16. The van der Waals surface area contributed by atoms with Gasteiger partial charge < -0.3 is 0 Å². The molecule has 0 saturated carbocycles. The summed E-state index contributed by atoms with van der Waals surface area (Å²) in [6.07, 6.45) is 55.0. The number of unbranched alkanes of at least 4 members (excludes halogenated alkanes) is 31. The van der Waals surface area contributed by atoms with Crippen LogP contribution in [0, 0.1) is 0 Å². The van der Waals surface area contributed by atoms with Crippen molar-refractivity contribution in [3.63, 3.8) is 0 Å². The topological polar surface area (TPSA) is 8.81 Å². The van der Waals surface area contributed by atoms with Crippen molar-refractivity contribution < 1.29 is 4.57 Å². The van der Waals surface area contributed by atoms with Crippen molar-refractivity contribution in [2.75, 3.05) is 0 Å². The fraction of sp³-hybridized carbons (Fsp3) is 0.930. The molecule has 0 spiro atoms. The van der Waals surface area contributed by atoms with E-state index in [-0.39, 0.29) is 0 Å². The molecule has 0 atom stereocenters. The van der Waals surface area contributed by atoms with E-state index in [4.69, 9.17) is 0 Å². The first-order chi connectivity index (χ1) is 22.3. The molecule has 0 bridgehead atoms. The van der Waals surface area contributed by atoms with Gasteiger partial charge in [0.05, 0.1) is 13.1 Å². The van der Waals surface area contributed by atoms with Gasteiger partial charge in [-0.2, -0.15) is 0 Å². The lowest BCUT2D eigenvalue weighted by Gasteiger charge is -2.07. The van der Waals surface area contributed by atoms with Crippen LogP contribution in [0.1, 0.15) is 245 Å². The number of aromatic nitrogens is 2. The van der Waals surface area contributed by atoms with Crippen molar-refractivity contribution >= 4 is 0 Å². The summed E-state index contributed by atoms with van der Waals surface area (Å²) in [5.41, 5.74) is 0. The van der Waals surface area contributed by atoms with Gasteiger partial charge in [0.2, 0.25) is 0 Å². The highest BCUT2D eigenvalue weighted by atomic mass is 15.1. The Bertz CT molecular complexity index is 692. The molecule has 1 aromatic rings. The summed E-state index contributed by atoms with van der Waals surface area (Å²) < 4.78 is 5.20. The summed E-state index contributed by atoms with van der Waals surface area (Å²) in [7, 11) is 0. The predicted octanol–water partition coefficient (Wildman–Crippen LogP) is 14.6. The Morgan fingerprint density at radius 3 is 1.04 bits per heavy atom. The Hall–Kier alpha value is -0.790. The Balaban J connectivity index is 2.04. The van der Waals surface area contributed by atoms with Crippen molar-refractivity contribution in [3.05, 3.63) is 18.2 Å². The largest absolute Gasteiger partial charge is 0.256 e. The molecule has 0 aliphatic rings. The smallest absolute Gasteiger partial charge is 0.234 e. The monoisotopic (exact) mass is 630 g/mol. The number of imidazole rings is 1. The minimum absolute atomic E-state index is 1.20. The van der Waals surface area contributed by atoms with E-state index in [2.05, 4.69) is 42.3 Å². The van der Waals surface area contributed by atoms with Crippen molar-refractivity contribution in [1.29, 1.82) is 0 Å². The number of rotatable bonds is 37. The van der Waals surface area contributed by atoms with Gasteiger partial charge in [0.15, 0.2) is 0 Å². The highest BCUT2D eigenvalue weighted by molar-refractivity contribution is 4.84. The van der Waals surface area contributed by atoms with Gasteiger partial charge in [-0.25, -0.2) is 9.13 Å². The SMILES string of the molecule is CCCCCCCCCCCCCCCCCCC[n+]1ccn(CCCC)c1CCCCCCCCCCCCCCCCC. The zero-order chi connectivity index (χ0) is 32.3. The van der Waals surface area contributed by atoms with Crippen molar-refractivity contribution in [1.82, 2.24) is 4.57 Å². The van der Waals surface area contributed by atoms with Crippen LogP contribution in [0.2, 0.25) is 0 Å². The first-order valence-electron chi connectivity index (χ1n) is 21.4. The molecule has 45 heavy (non-hydrogen) atoms. The summed E-state index contributed by atoms with van der Waals surface area (Å²) in [5, 5.41) is 0. The summed E-state index contributed by atoms with van der Waals surface area (Å²) in [4.78, 5) is 0. The first kappa shape index (κ1) is 42.2. The van der Waals surface area contributed by atoms with Crippen molar-refractivity contribution in [2.45, 2.75) is 259 Å². The molecule has 0 saturated heterocycles. The average molecular weight is 630 g/mol. The van der Waals surface area contributed by atoms with E-state index in [9.17, 15) is 0 Å². The molecule has 1 aromatic heterocycles. The van der Waals surface area contributed by atoms with Gasteiger partial charge in [0, 0.05) is 6.42 Å². The molecule has 0 aliphatic heterocycles. The number of nitrogens with zero attached hydrogens (tertiary/aromatic N) is 2. The van der Waals surface area contributed by atoms with Crippen LogP contribution in [0.15, 0.2) is 12.4 Å². The number of hydrogen-bond donors (Lipinski definition) is 0. The summed E-state index contributed by atoms with van der Waals surface area (Å²) in [6.45, 7) is 9.38. The highest BCUT2D eigenvalue weighted by Gasteiger charge is 2.16. The Kier molecular flexibility index (Phi) is 32.4. The molecule has 0 aliphatic carbocycles. The normalized spacial score (nSPS) is 11.6. The van der Waals surface area contributed by atoms with Crippen LogP contribution in [0.4, 0.5) is 0 Å². The summed E-state index contributed by atoms with van der Waals surface area (Å²) in [5.74, 6) is 1.61. The zero-order valence-corrected chi connectivity index (χ0v) is 31.7. The summed E-state index contributed by atoms with van der Waals surface area (Å²) >= 11 is 0. The van der Waals surface area contributed by atoms with E-state index >= 15 is 0 Å². The third kappa shape index (κ3) is 26.9. The van der Waals surface area contributed by atoms with Crippen LogP contribution in [0.5, 0.6) is 0 Å². The lowest BCUT2D eigenvalue weighted by atomic mass is 10.0. The van der Waals surface area contributed by atoms with Crippen molar-refractivity contribution in [3.8, 4) is 0 Å². The van der Waals surface area contributed by atoms with Crippen LogP contribution < -0.4 is 4.57 Å². The van der Waals surface area contributed by atoms with Crippen LogP contribution >= 0.6 is 0 Å². The van der Waals surface area contributed by atoms with Crippen molar-refractivity contribution in [2.24, 2.45) is 0 Å². The van der Waals surface area contributed by atoms with Gasteiger partial charge in [0.1, 0.15) is 12.4 Å². The Morgan fingerprint density at radius 2 is 0.689 bits per heavy atom. The minimum atomic E-state index is 1.20. The number of hydrogen-bond acceptors (Lipinski definition) is 0. The number of aryl methyl sites for hydroxylation is 2. The molecule has 0 fully saturated rings. The molecule has 2 nitrogen and oxygen atoms in total. The summed E-state index contributed by atoms with van der Waals surface area (Å²) in [6, 6.07) is 0. The average Bonchev–Trinajstić information content (AvgIpc) is 3.44. The van der Waals surface area contributed by atoms with E-state index < -0.39 is 0 Å². The fourth-order valence-corrected chi connectivity index (χ4v) is 7.18. The van der Waals surface area contributed by atoms with Gasteiger partial charge in [-0.1, -0.05) is 213 Å². The quantitative estimate of drug-likeness (QED) is 0.0511. The molecule has 0 amide bonds. The maximum atomic E-state index is 2.62. The van der Waals surface area contributed by atoms with Gasteiger partial charge >= 0.3 is 0 Å². The van der Waals surface area contributed by atoms with E-state index in [0.717, 1.165) is 0 Å². The van der Waals surface area contributed by atoms with Crippen LogP contribution in [-0.2, 0) is 19.5 Å². The second-order valence-electron chi connectivity index (χ2n) is 14.8. The van der Waals surface area contributed by atoms with Gasteiger partial charge in [0.25, 0.3) is 5.82 Å². The van der Waals surface area contributed by atoms with Gasteiger partial charge in [-0.3, -0.25) is 0 Å². The second-order valence-corrected chi connectivity index (χ2v) is 14.8. The van der Waals surface area contributed by atoms with E-state index in [0.29, 0.717) is 0 Å². The third-order valence-corrected chi connectivity index (χ3v) is 10.3. The molecule has 1 heterocycles. The zero-order valence-electron chi connectivity index (χ0n) is 31.7. The lowest BCUT2D eigenvalue weighted by molar-refractivity contribution is -0.704. The Labute approximate surface area is 285 Å². The van der Waals surface area contributed by atoms with E-state index in [1.165, 1.54) is 238 Å².